The van der Waals surface area contributed by atoms with Gasteiger partial charge in [-0.25, -0.2) is 29.9 Å². The maximum absolute atomic E-state index is 6.34. The molecular weight excluding hydrogens is 1810 g/mol. The largest absolute Gasteiger partial charge is 0.456 e. The number of fused-ring (bicyclic) bond motifs is 27. The molecule has 0 fully saturated rings. The van der Waals surface area contributed by atoms with E-state index in [9.17, 15) is 0 Å². The van der Waals surface area contributed by atoms with E-state index >= 15 is 0 Å². The average Bonchev–Trinajstić information content (AvgIpc) is 1.05. The van der Waals surface area contributed by atoms with Gasteiger partial charge >= 0.3 is 0 Å². The van der Waals surface area contributed by atoms with Crippen molar-refractivity contribution in [3.63, 3.8) is 0 Å². The second-order valence-electron chi connectivity index (χ2n) is 37.6. The van der Waals surface area contributed by atoms with Crippen molar-refractivity contribution in [2.24, 2.45) is 0 Å². The number of hydrogen-bond acceptors (Lipinski definition) is 9. The summed E-state index contributed by atoms with van der Waals surface area (Å²) in [6, 6.07) is 180. The number of para-hydroxylation sites is 2. The van der Waals surface area contributed by atoms with Crippen LogP contribution in [0.1, 0.15) is 0 Å². The first-order chi connectivity index (χ1) is 72.8. The Hall–Kier alpha value is -19.3. The Morgan fingerprint density at radius 3 is 0.769 bits per heavy atom. The lowest BCUT2D eigenvalue weighted by Gasteiger charge is -2.16. The Morgan fingerprint density at radius 2 is 0.374 bits per heavy atom. The van der Waals surface area contributed by atoms with Crippen molar-refractivity contribution >= 4 is 172 Å². The van der Waals surface area contributed by atoms with Gasteiger partial charge in [0.25, 0.3) is 0 Å². The maximum atomic E-state index is 6.34. The van der Waals surface area contributed by atoms with E-state index in [1.807, 2.05) is 108 Å². The van der Waals surface area contributed by atoms with Crippen LogP contribution in [0.2, 0.25) is 0 Å². The number of hydrogen-bond donors (Lipinski definition) is 0. The van der Waals surface area contributed by atoms with Crippen LogP contribution in [0.5, 0.6) is 0 Å². The molecule has 24 aromatic carbocycles. The van der Waals surface area contributed by atoms with Crippen LogP contribution in [-0.4, -0.2) is 29.9 Å². The Bertz CT molecular complexity index is 9940. The zero-order valence-electron chi connectivity index (χ0n) is 79.4. The van der Waals surface area contributed by atoms with Gasteiger partial charge in [0.05, 0.1) is 34.2 Å². The summed E-state index contributed by atoms with van der Waals surface area (Å²) >= 11 is 1.87. The van der Waals surface area contributed by atoms with Crippen molar-refractivity contribution in [3.8, 4) is 135 Å². The zero-order chi connectivity index (χ0) is 96.9. The van der Waals surface area contributed by atoms with Gasteiger partial charge in [-0.15, -0.1) is 11.3 Å². The van der Waals surface area contributed by atoms with E-state index in [1.54, 1.807) is 0 Å². The van der Waals surface area contributed by atoms with E-state index in [1.165, 1.54) is 139 Å². The molecule has 8 nitrogen and oxygen atoms in total. The third-order valence-electron chi connectivity index (χ3n) is 29.0. The lowest BCUT2D eigenvalue weighted by atomic mass is 9.88. The number of furan rings is 2. The summed E-state index contributed by atoms with van der Waals surface area (Å²) in [6.45, 7) is 0. The second-order valence-corrected chi connectivity index (χ2v) is 38.7. The molecule has 6 aromatic heterocycles. The Kier molecular flexibility index (Phi) is 21.0. The number of aromatic nitrogens is 6. The van der Waals surface area contributed by atoms with E-state index in [4.69, 9.17) is 38.7 Å². The van der Waals surface area contributed by atoms with Gasteiger partial charge in [0.15, 0.2) is 17.5 Å². The molecule has 0 saturated heterocycles. The molecular formula is C138H84N6O2S. The summed E-state index contributed by atoms with van der Waals surface area (Å²) in [5, 5.41) is 29.3. The highest BCUT2D eigenvalue weighted by atomic mass is 32.1. The zero-order valence-corrected chi connectivity index (χ0v) is 80.2. The van der Waals surface area contributed by atoms with Crippen molar-refractivity contribution in [2.45, 2.75) is 0 Å². The maximum Gasteiger partial charge on any atom is 0.160 e. The third kappa shape index (κ3) is 15.3. The van der Waals surface area contributed by atoms with E-state index in [2.05, 4.69) is 413 Å². The van der Waals surface area contributed by atoms with Crippen molar-refractivity contribution in [3.05, 3.63) is 510 Å². The van der Waals surface area contributed by atoms with Crippen LogP contribution in [-0.2, 0) is 0 Å². The predicted octanol–water partition coefficient (Wildman–Crippen LogP) is 38.0. The van der Waals surface area contributed by atoms with Gasteiger partial charge in [-0.2, -0.15) is 0 Å². The first kappa shape index (κ1) is 85.6. The molecule has 684 valence electrons. The van der Waals surface area contributed by atoms with Crippen molar-refractivity contribution in [1.82, 2.24) is 29.9 Å². The minimum Gasteiger partial charge on any atom is -0.456 e. The van der Waals surface area contributed by atoms with Crippen LogP contribution in [0.15, 0.2) is 518 Å². The van der Waals surface area contributed by atoms with Crippen molar-refractivity contribution in [2.75, 3.05) is 0 Å². The molecule has 0 amide bonds. The van der Waals surface area contributed by atoms with Gasteiger partial charge in [0.1, 0.15) is 22.3 Å². The van der Waals surface area contributed by atoms with Crippen LogP contribution < -0.4 is 0 Å². The fourth-order valence-electron chi connectivity index (χ4n) is 22.1. The molecule has 0 N–H and O–H groups in total. The van der Waals surface area contributed by atoms with E-state index in [0.29, 0.717) is 11.6 Å². The monoisotopic (exact) mass is 1890 g/mol. The summed E-state index contributed by atoms with van der Waals surface area (Å²) < 4.78 is 15.2. The van der Waals surface area contributed by atoms with Crippen molar-refractivity contribution in [1.29, 1.82) is 0 Å². The fourth-order valence-corrected chi connectivity index (χ4v) is 23.2. The highest BCUT2D eigenvalue weighted by Gasteiger charge is 2.25. The molecule has 6 heterocycles. The third-order valence-corrected chi connectivity index (χ3v) is 30.2. The summed E-state index contributed by atoms with van der Waals surface area (Å²) in [6.07, 6.45) is 0. The van der Waals surface area contributed by atoms with Crippen LogP contribution >= 0.6 is 11.3 Å². The molecule has 0 bridgehead atoms. The molecule has 30 aromatic rings. The average molecular weight is 1890 g/mol. The molecule has 0 aliphatic carbocycles. The standard InChI is InChI=1S/2C46H28N2O.C46H28N2S/c1-3-12-29(13-4-1)41-28-42(48-46(47-41)30-14-5-2-6-15-30)32-23-24-36-34-16-7-8-17-35(34)39-20-11-19-33(45(39)40(36)26-32)31-22-25-38-37-18-9-10-21-43(37)49-44(38)27-31;1-3-12-29(13-4-1)41-28-42(48-46(47-41)30-14-5-2-6-15-30)32-22-24-36-34-16-7-8-17-35(34)38-20-11-19-33(45(38)40(36)27-32)31-23-25-44-39(26-31)37-18-9-10-21-43(37)49-44;1-3-12-29(13-4-1)41-28-42(48-46(47-41)30-14-5-2-6-15-30)32-23-24-36-34-16-7-8-17-35(34)39-20-11-19-33(45(39)40(36)26-32)31-22-25-38-37-18-9-10-21-43(37)49-44(38)27-31/h3*1-28H. The molecule has 0 spiro atoms. The predicted molar refractivity (Wildman–Crippen MR) is 616 cm³/mol. The van der Waals surface area contributed by atoms with Gasteiger partial charge in [0, 0.05) is 91.8 Å². The highest BCUT2D eigenvalue weighted by molar-refractivity contribution is 7.25. The Morgan fingerprint density at radius 1 is 0.129 bits per heavy atom. The van der Waals surface area contributed by atoms with Gasteiger partial charge in [-0.3, -0.25) is 0 Å². The summed E-state index contributed by atoms with van der Waals surface area (Å²) in [4.78, 5) is 30.6. The Labute approximate surface area is 849 Å². The van der Waals surface area contributed by atoms with Gasteiger partial charge in [0.2, 0.25) is 0 Å². The fraction of sp³-hybridized carbons (Fsp3) is 0. The second kappa shape index (κ2) is 36.0. The molecule has 0 radical (unpaired) electrons. The van der Waals surface area contributed by atoms with E-state index in [-0.39, 0.29) is 0 Å². The summed E-state index contributed by atoms with van der Waals surface area (Å²) in [5.74, 6) is 2.14. The van der Waals surface area contributed by atoms with Crippen molar-refractivity contribution < 1.29 is 8.83 Å². The molecule has 9 heteroatoms. The molecule has 0 atom stereocenters. The van der Waals surface area contributed by atoms with Crippen LogP contribution in [0, 0.1) is 0 Å². The molecule has 0 saturated carbocycles. The molecule has 0 unspecified atom stereocenters. The normalized spacial score (nSPS) is 11.7. The lowest BCUT2D eigenvalue weighted by Crippen LogP contribution is -1.96. The van der Waals surface area contributed by atoms with Gasteiger partial charge in [-0.05, 0) is 215 Å². The number of benzene rings is 24. The van der Waals surface area contributed by atoms with E-state index < -0.39 is 0 Å². The molecule has 30 rings (SSSR count). The first-order valence-electron chi connectivity index (χ1n) is 49.7. The quantitative estimate of drug-likeness (QED) is 0.111. The van der Waals surface area contributed by atoms with Crippen LogP contribution in [0.4, 0.5) is 0 Å². The number of rotatable bonds is 12. The first-order valence-corrected chi connectivity index (χ1v) is 50.5. The van der Waals surface area contributed by atoms with E-state index in [0.717, 1.165) is 145 Å². The molecule has 0 aliphatic rings. The SMILES string of the molecule is c1ccc(-c2cc(-c3ccc4c5ccccc5c5cccc(-c6ccc7c(c6)oc6ccccc67)c5c4c3)nc(-c3ccccc3)n2)cc1.c1ccc(-c2cc(-c3ccc4c5ccccc5c5cccc(-c6ccc7c(c6)sc6ccccc67)c5c4c3)nc(-c3ccccc3)n2)cc1.c1ccc(-c2cc(-c3ccc4c5ccccc5c5cccc(-c6ccc7oc8ccccc8c7c6)c5c4c3)nc(-c3ccccc3)n2)cc1. The molecule has 0 aliphatic heterocycles. The van der Waals surface area contributed by atoms with Crippen LogP contribution in [0.3, 0.4) is 0 Å². The number of thiophene rings is 1. The highest BCUT2D eigenvalue weighted by Crippen LogP contribution is 2.50. The topological polar surface area (TPSA) is 104 Å². The Balaban J connectivity index is 0.000000107. The van der Waals surface area contributed by atoms with Crippen LogP contribution in [0.25, 0.3) is 296 Å². The summed E-state index contributed by atoms with van der Waals surface area (Å²) in [7, 11) is 0. The van der Waals surface area contributed by atoms with Gasteiger partial charge in [-0.1, -0.05) is 425 Å². The minimum atomic E-state index is 0.709. The number of nitrogens with zero attached hydrogens (tertiary/aromatic N) is 6. The minimum absolute atomic E-state index is 0.709. The molecule has 147 heavy (non-hydrogen) atoms. The summed E-state index contributed by atoms with van der Waals surface area (Å²) in [5.41, 5.74) is 25.4. The smallest absolute Gasteiger partial charge is 0.160 e. The lowest BCUT2D eigenvalue weighted by molar-refractivity contribution is 0.668. The van der Waals surface area contributed by atoms with Gasteiger partial charge < -0.3 is 8.83 Å².